The molecule has 0 aliphatic heterocycles. The first-order valence-corrected chi connectivity index (χ1v) is 5.64. The summed E-state index contributed by atoms with van der Waals surface area (Å²) in [6, 6.07) is 6.34. The van der Waals surface area contributed by atoms with Crippen LogP contribution in [0, 0.1) is 12.7 Å². The molecular weight excluding hydrogens is 219 g/mol. The second kappa shape index (κ2) is 5.10. The lowest BCUT2D eigenvalue weighted by Gasteiger charge is -1.99. The van der Waals surface area contributed by atoms with Crippen molar-refractivity contribution in [1.29, 1.82) is 0 Å². The van der Waals surface area contributed by atoms with Gasteiger partial charge in [0, 0.05) is 17.7 Å². The fraction of sp³-hybridized carbons (Fsp3) is 0.308. The van der Waals surface area contributed by atoms with E-state index < -0.39 is 0 Å². The zero-order valence-corrected chi connectivity index (χ0v) is 9.96. The zero-order chi connectivity index (χ0) is 12.3. The molecule has 0 aliphatic rings. The van der Waals surface area contributed by atoms with E-state index in [1.165, 1.54) is 12.1 Å². The van der Waals surface area contributed by atoms with Gasteiger partial charge in [0.05, 0.1) is 0 Å². The standard InChI is InChI=1S/C13H15FN2O/c1-3-15-8-12-9(2)13(17-16-12)10-5-4-6-11(14)7-10/h4-7,15H,3,8H2,1-2H3. The van der Waals surface area contributed by atoms with Gasteiger partial charge in [-0.3, -0.25) is 0 Å². The normalized spacial score (nSPS) is 10.8. The van der Waals surface area contributed by atoms with E-state index in [2.05, 4.69) is 10.5 Å². The molecule has 0 unspecified atom stereocenters. The SMILES string of the molecule is CCNCc1noc(-c2cccc(F)c2)c1C. The number of aromatic nitrogens is 1. The summed E-state index contributed by atoms with van der Waals surface area (Å²) in [6.07, 6.45) is 0. The van der Waals surface area contributed by atoms with Crippen molar-refractivity contribution in [3.8, 4) is 11.3 Å². The van der Waals surface area contributed by atoms with E-state index in [-0.39, 0.29) is 5.82 Å². The Balaban J connectivity index is 2.30. The lowest BCUT2D eigenvalue weighted by molar-refractivity contribution is 0.420. The summed E-state index contributed by atoms with van der Waals surface area (Å²) in [5, 5.41) is 7.18. The molecule has 90 valence electrons. The number of benzene rings is 1. The Morgan fingerprint density at radius 1 is 1.41 bits per heavy atom. The quantitative estimate of drug-likeness (QED) is 0.884. The minimum absolute atomic E-state index is 0.272. The number of hydrogen-bond acceptors (Lipinski definition) is 3. The van der Waals surface area contributed by atoms with Crippen molar-refractivity contribution in [2.75, 3.05) is 6.54 Å². The van der Waals surface area contributed by atoms with Crippen molar-refractivity contribution in [1.82, 2.24) is 10.5 Å². The summed E-state index contributed by atoms with van der Waals surface area (Å²) >= 11 is 0. The van der Waals surface area contributed by atoms with Gasteiger partial charge in [-0.1, -0.05) is 24.2 Å². The average molecular weight is 234 g/mol. The van der Waals surface area contributed by atoms with Crippen LogP contribution in [0.25, 0.3) is 11.3 Å². The van der Waals surface area contributed by atoms with Gasteiger partial charge in [0.2, 0.25) is 0 Å². The summed E-state index contributed by atoms with van der Waals surface area (Å²) in [7, 11) is 0. The van der Waals surface area contributed by atoms with Gasteiger partial charge in [-0.2, -0.15) is 0 Å². The molecule has 0 saturated heterocycles. The molecule has 0 bridgehead atoms. The molecule has 2 rings (SSSR count). The van der Waals surface area contributed by atoms with Gasteiger partial charge in [-0.25, -0.2) is 4.39 Å². The maximum atomic E-state index is 13.1. The largest absolute Gasteiger partial charge is 0.356 e. The third-order valence-electron chi connectivity index (χ3n) is 2.65. The average Bonchev–Trinajstić information content (AvgIpc) is 2.68. The van der Waals surface area contributed by atoms with Gasteiger partial charge in [0.1, 0.15) is 11.5 Å². The van der Waals surface area contributed by atoms with Crippen LogP contribution >= 0.6 is 0 Å². The highest BCUT2D eigenvalue weighted by atomic mass is 19.1. The molecule has 1 aromatic heterocycles. The van der Waals surface area contributed by atoms with E-state index in [1.807, 2.05) is 19.9 Å². The van der Waals surface area contributed by atoms with Crippen LogP contribution < -0.4 is 5.32 Å². The summed E-state index contributed by atoms with van der Waals surface area (Å²) in [5.41, 5.74) is 2.54. The van der Waals surface area contributed by atoms with Crippen molar-refractivity contribution in [2.45, 2.75) is 20.4 Å². The summed E-state index contributed by atoms with van der Waals surface area (Å²) in [4.78, 5) is 0. The minimum atomic E-state index is -0.272. The molecule has 2 aromatic rings. The van der Waals surface area contributed by atoms with E-state index in [9.17, 15) is 4.39 Å². The maximum Gasteiger partial charge on any atom is 0.170 e. The highest BCUT2D eigenvalue weighted by Crippen LogP contribution is 2.25. The molecule has 0 radical (unpaired) electrons. The molecule has 0 fully saturated rings. The fourth-order valence-electron chi connectivity index (χ4n) is 1.68. The molecule has 0 spiro atoms. The van der Waals surface area contributed by atoms with Crippen LogP contribution in [-0.4, -0.2) is 11.7 Å². The van der Waals surface area contributed by atoms with Gasteiger partial charge in [0.15, 0.2) is 5.76 Å². The Labute approximate surface area is 99.6 Å². The molecule has 0 amide bonds. The first-order chi connectivity index (χ1) is 8.22. The predicted molar refractivity (Wildman–Crippen MR) is 64.0 cm³/mol. The van der Waals surface area contributed by atoms with Crippen LogP contribution in [0.2, 0.25) is 0 Å². The lowest BCUT2D eigenvalue weighted by atomic mass is 10.1. The van der Waals surface area contributed by atoms with Gasteiger partial charge in [0.25, 0.3) is 0 Å². The van der Waals surface area contributed by atoms with Crippen LogP contribution in [0.1, 0.15) is 18.2 Å². The minimum Gasteiger partial charge on any atom is -0.356 e. The van der Waals surface area contributed by atoms with Gasteiger partial charge in [-0.05, 0) is 25.6 Å². The monoisotopic (exact) mass is 234 g/mol. The first-order valence-electron chi connectivity index (χ1n) is 5.64. The number of hydrogen-bond donors (Lipinski definition) is 1. The molecule has 1 N–H and O–H groups in total. The lowest BCUT2D eigenvalue weighted by Crippen LogP contribution is -2.12. The second-order valence-corrected chi connectivity index (χ2v) is 3.87. The Hall–Kier alpha value is -1.68. The van der Waals surface area contributed by atoms with Crippen LogP contribution in [0.4, 0.5) is 4.39 Å². The van der Waals surface area contributed by atoms with Crippen molar-refractivity contribution >= 4 is 0 Å². The van der Waals surface area contributed by atoms with Crippen LogP contribution in [-0.2, 0) is 6.54 Å². The van der Waals surface area contributed by atoms with Crippen molar-refractivity contribution < 1.29 is 8.91 Å². The first kappa shape index (κ1) is 11.8. The second-order valence-electron chi connectivity index (χ2n) is 3.87. The molecule has 17 heavy (non-hydrogen) atoms. The molecule has 1 aromatic carbocycles. The topological polar surface area (TPSA) is 38.1 Å². The molecule has 1 heterocycles. The van der Waals surface area contributed by atoms with Crippen molar-refractivity contribution in [3.05, 3.63) is 41.3 Å². The third-order valence-corrected chi connectivity index (χ3v) is 2.65. The smallest absolute Gasteiger partial charge is 0.170 e. The summed E-state index contributed by atoms with van der Waals surface area (Å²) in [6.45, 7) is 5.51. The highest BCUT2D eigenvalue weighted by molar-refractivity contribution is 5.61. The van der Waals surface area contributed by atoms with Gasteiger partial charge in [-0.15, -0.1) is 0 Å². The Morgan fingerprint density at radius 2 is 2.24 bits per heavy atom. The van der Waals surface area contributed by atoms with E-state index >= 15 is 0 Å². The van der Waals surface area contributed by atoms with Crippen molar-refractivity contribution in [3.63, 3.8) is 0 Å². The van der Waals surface area contributed by atoms with Crippen LogP contribution in [0.5, 0.6) is 0 Å². The van der Waals surface area contributed by atoms with Gasteiger partial charge < -0.3 is 9.84 Å². The van der Waals surface area contributed by atoms with Gasteiger partial charge >= 0.3 is 0 Å². The number of nitrogens with zero attached hydrogens (tertiary/aromatic N) is 1. The predicted octanol–water partition coefficient (Wildman–Crippen LogP) is 2.90. The molecule has 0 atom stereocenters. The maximum absolute atomic E-state index is 13.1. The highest BCUT2D eigenvalue weighted by Gasteiger charge is 2.13. The molecule has 0 aliphatic carbocycles. The third kappa shape index (κ3) is 2.53. The molecule has 4 heteroatoms. The summed E-state index contributed by atoms with van der Waals surface area (Å²) < 4.78 is 18.4. The Morgan fingerprint density at radius 3 is 2.94 bits per heavy atom. The molecule has 3 nitrogen and oxygen atoms in total. The number of halogens is 1. The fourth-order valence-corrected chi connectivity index (χ4v) is 1.68. The Kier molecular flexibility index (Phi) is 3.54. The van der Waals surface area contributed by atoms with Crippen molar-refractivity contribution in [2.24, 2.45) is 0 Å². The molecular formula is C13H15FN2O. The van der Waals surface area contributed by atoms with E-state index in [1.54, 1.807) is 6.07 Å². The molecule has 0 saturated carbocycles. The number of nitrogens with one attached hydrogen (secondary N) is 1. The van der Waals surface area contributed by atoms with E-state index in [0.717, 1.165) is 23.4 Å². The Bertz CT molecular complexity index is 508. The summed E-state index contributed by atoms with van der Waals surface area (Å²) in [5.74, 6) is 0.365. The van der Waals surface area contributed by atoms with E-state index in [0.29, 0.717) is 12.3 Å². The number of rotatable bonds is 4. The zero-order valence-electron chi connectivity index (χ0n) is 9.96. The van der Waals surface area contributed by atoms with Crippen LogP contribution in [0.3, 0.4) is 0 Å². The van der Waals surface area contributed by atoms with Crippen LogP contribution in [0.15, 0.2) is 28.8 Å². The van der Waals surface area contributed by atoms with E-state index in [4.69, 9.17) is 4.52 Å².